The zero-order valence-corrected chi connectivity index (χ0v) is 13.0. The lowest BCUT2D eigenvalue weighted by Gasteiger charge is -2.09. The van der Waals surface area contributed by atoms with Gasteiger partial charge in [0.25, 0.3) is 0 Å². The molecule has 0 aliphatic rings. The van der Waals surface area contributed by atoms with Gasteiger partial charge in [-0.1, -0.05) is 28.1 Å². The van der Waals surface area contributed by atoms with Gasteiger partial charge < -0.3 is 10.6 Å². The number of benzene rings is 2. The second-order valence-corrected chi connectivity index (χ2v) is 5.42. The fourth-order valence-corrected chi connectivity index (χ4v) is 2.12. The summed E-state index contributed by atoms with van der Waals surface area (Å²) in [5.74, 6) is 0.598. The molecular formula is C16H12BrFN4. The van der Waals surface area contributed by atoms with Crippen LogP contribution in [0.5, 0.6) is 0 Å². The number of halogens is 2. The van der Waals surface area contributed by atoms with Crippen LogP contribution in [0.1, 0.15) is 0 Å². The molecule has 0 fully saturated rings. The second-order valence-electron chi connectivity index (χ2n) is 4.50. The third kappa shape index (κ3) is 3.59. The van der Waals surface area contributed by atoms with Crippen molar-refractivity contribution in [1.82, 2.24) is 9.97 Å². The molecule has 0 saturated carbocycles. The fourth-order valence-electron chi connectivity index (χ4n) is 1.85. The van der Waals surface area contributed by atoms with E-state index in [4.69, 9.17) is 0 Å². The van der Waals surface area contributed by atoms with E-state index < -0.39 is 0 Å². The van der Waals surface area contributed by atoms with Gasteiger partial charge in [-0.05, 0) is 42.5 Å². The van der Waals surface area contributed by atoms with Gasteiger partial charge in [-0.3, -0.25) is 0 Å². The first kappa shape index (κ1) is 14.5. The Labute approximate surface area is 135 Å². The van der Waals surface area contributed by atoms with E-state index in [9.17, 15) is 4.39 Å². The molecule has 1 heterocycles. The zero-order chi connectivity index (χ0) is 15.4. The van der Waals surface area contributed by atoms with Crippen LogP contribution in [0.4, 0.5) is 27.5 Å². The number of hydrogen-bond acceptors (Lipinski definition) is 4. The summed E-state index contributed by atoms with van der Waals surface area (Å²) in [6.45, 7) is 0. The Balaban J connectivity index is 1.78. The van der Waals surface area contributed by atoms with E-state index in [1.54, 1.807) is 30.5 Å². The van der Waals surface area contributed by atoms with Crippen LogP contribution in [0.2, 0.25) is 0 Å². The molecule has 2 aromatic carbocycles. The number of rotatable bonds is 4. The largest absolute Gasteiger partial charge is 0.340 e. The Morgan fingerprint density at radius 1 is 0.909 bits per heavy atom. The minimum atomic E-state index is -0.350. The highest BCUT2D eigenvalue weighted by Gasteiger charge is 2.04. The van der Waals surface area contributed by atoms with E-state index in [1.807, 2.05) is 24.3 Å². The van der Waals surface area contributed by atoms with Crippen molar-refractivity contribution in [3.63, 3.8) is 0 Å². The van der Waals surface area contributed by atoms with Gasteiger partial charge in [-0.2, -0.15) is 4.98 Å². The maximum absolute atomic E-state index is 13.6. The Bertz CT molecular complexity index is 777. The molecule has 0 amide bonds. The lowest BCUT2D eigenvalue weighted by molar-refractivity contribution is 0.631. The Morgan fingerprint density at radius 2 is 1.68 bits per heavy atom. The van der Waals surface area contributed by atoms with Crippen LogP contribution in [0.15, 0.2) is 65.3 Å². The van der Waals surface area contributed by atoms with Crippen LogP contribution in [0.25, 0.3) is 0 Å². The summed E-state index contributed by atoms with van der Waals surface area (Å²) < 4.78 is 14.6. The summed E-state index contributed by atoms with van der Waals surface area (Å²) in [4.78, 5) is 8.41. The maximum atomic E-state index is 13.6. The number of anilines is 4. The average Bonchev–Trinajstić information content (AvgIpc) is 2.52. The number of hydrogen-bond donors (Lipinski definition) is 2. The predicted octanol–water partition coefficient (Wildman–Crippen LogP) is 4.87. The van der Waals surface area contributed by atoms with Crippen LogP contribution >= 0.6 is 15.9 Å². The zero-order valence-electron chi connectivity index (χ0n) is 11.4. The summed E-state index contributed by atoms with van der Waals surface area (Å²) in [5.41, 5.74) is 1.24. The molecule has 0 aliphatic carbocycles. The van der Waals surface area contributed by atoms with Crippen molar-refractivity contribution in [3.05, 3.63) is 71.1 Å². The molecule has 0 unspecified atom stereocenters. The first-order valence-corrected chi connectivity index (χ1v) is 7.37. The van der Waals surface area contributed by atoms with Crippen LogP contribution < -0.4 is 10.6 Å². The number of nitrogens with one attached hydrogen (secondary N) is 2. The molecule has 6 heteroatoms. The van der Waals surface area contributed by atoms with Crippen molar-refractivity contribution in [2.45, 2.75) is 0 Å². The quantitative estimate of drug-likeness (QED) is 0.698. The summed E-state index contributed by atoms with van der Waals surface area (Å²) in [7, 11) is 0. The third-order valence-corrected chi connectivity index (χ3v) is 3.42. The Morgan fingerprint density at radius 3 is 2.45 bits per heavy atom. The van der Waals surface area contributed by atoms with Crippen LogP contribution in [0, 0.1) is 5.82 Å². The van der Waals surface area contributed by atoms with Gasteiger partial charge in [-0.25, -0.2) is 9.37 Å². The van der Waals surface area contributed by atoms with Crippen molar-refractivity contribution in [1.29, 1.82) is 0 Å². The number of aromatic nitrogens is 2. The third-order valence-electron chi connectivity index (χ3n) is 2.89. The molecule has 0 bridgehead atoms. The lowest BCUT2D eigenvalue weighted by atomic mass is 10.3. The molecule has 0 atom stereocenters. The Hall–Kier alpha value is -2.47. The highest BCUT2D eigenvalue weighted by atomic mass is 79.9. The molecule has 110 valence electrons. The molecule has 4 nitrogen and oxygen atoms in total. The maximum Gasteiger partial charge on any atom is 0.229 e. The molecule has 22 heavy (non-hydrogen) atoms. The van der Waals surface area contributed by atoms with Gasteiger partial charge in [0.05, 0.1) is 5.69 Å². The fraction of sp³-hybridized carbons (Fsp3) is 0. The first-order chi connectivity index (χ1) is 10.7. The average molecular weight is 359 g/mol. The van der Waals surface area contributed by atoms with Crippen LogP contribution in [-0.2, 0) is 0 Å². The van der Waals surface area contributed by atoms with Crippen molar-refractivity contribution < 1.29 is 4.39 Å². The van der Waals surface area contributed by atoms with Gasteiger partial charge in [0, 0.05) is 16.4 Å². The normalized spacial score (nSPS) is 10.3. The topological polar surface area (TPSA) is 49.8 Å². The molecule has 0 spiro atoms. The van der Waals surface area contributed by atoms with E-state index in [-0.39, 0.29) is 5.82 Å². The number of nitrogens with zero attached hydrogens (tertiary/aromatic N) is 2. The van der Waals surface area contributed by atoms with Gasteiger partial charge in [0.15, 0.2) is 0 Å². The van der Waals surface area contributed by atoms with E-state index >= 15 is 0 Å². The summed E-state index contributed by atoms with van der Waals surface area (Å²) in [6.07, 6.45) is 1.61. The minimum absolute atomic E-state index is 0.326. The molecular weight excluding hydrogens is 347 g/mol. The second kappa shape index (κ2) is 6.53. The van der Waals surface area contributed by atoms with E-state index in [2.05, 4.69) is 36.5 Å². The Kier molecular flexibility index (Phi) is 4.29. The van der Waals surface area contributed by atoms with E-state index in [0.29, 0.717) is 17.5 Å². The molecule has 1 aromatic heterocycles. The highest BCUT2D eigenvalue weighted by molar-refractivity contribution is 9.10. The van der Waals surface area contributed by atoms with Crippen LogP contribution in [0.3, 0.4) is 0 Å². The lowest BCUT2D eigenvalue weighted by Crippen LogP contribution is -2.01. The smallest absolute Gasteiger partial charge is 0.229 e. The van der Waals surface area contributed by atoms with Crippen molar-refractivity contribution >= 4 is 39.1 Å². The summed E-state index contributed by atoms with van der Waals surface area (Å²) in [5, 5.41) is 6.03. The van der Waals surface area contributed by atoms with Gasteiger partial charge in [0.1, 0.15) is 11.6 Å². The molecule has 0 saturated heterocycles. The van der Waals surface area contributed by atoms with Crippen molar-refractivity contribution in [2.75, 3.05) is 10.6 Å². The first-order valence-electron chi connectivity index (χ1n) is 6.58. The monoisotopic (exact) mass is 358 g/mol. The molecule has 3 aromatic rings. The minimum Gasteiger partial charge on any atom is -0.340 e. The van der Waals surface area contributed by atoms with E-state index in [1.165, 1.54) is 6.07 Å². The molecule has 3 rings (SSSR count). The summed E-state index contributed by atoms with van der Waals surface area (Å²) in [6, 6.07) is 15.9. The van der Waals surface area contributed by atoms with E-state index in [0.717, 1.165) is 10.2 Å². The SMILES string of the molecule is Fc1ccccc1Nc1nccc(Nc2ccc(Br)cc2)n1. The van der Waals surface area contributed by atoms with Crippen molar-refractivity contribution in [2.24, 2.45) is 0 Å². The van der Waals surface area contributed by atoms with Crippen molar-refractivity contribution in [3.8, 4) is 0 Å². The van der Waals surface area contributed by atoms with Crippen LogP contribution in [-0.4, -0.2) is 9.97 Å². The molecule has 2 N–H and O–H groups in total. The molecule has 0 aliphatic heterocycles. The summed E-state index contributed by atoms with van der Waals surface area (Å²) >= 11 is 3.39. The van der Waals surface area contributed by atoms with Gasteiger partial charge in [-0.15, -0.1) is 0 Å². The van der Waals surface area contributed by atoms with Gasteiger partial charge >= 0.3 is 0 Å². The highest BCUT2D eigenvalue weighted by Crippen LogP contribution is 2.20. The van der Waals surface area contributed by atoms with Gasteiger partial charge in [0.2, 0.25) is 5.95 Å². The predicted molar refractivity (Wildman–Crippen MR) is 89.1 cm³/mol. The molecule has 0 radical (unpaired) electrons. The standard InChI is InChI=1S/C16H12BrFN4/c17-11-5-7-12(8-6-11)20-15-9-10-19-16(22-15)21-14-4-2-1-3-13(14)18/h1-10H,(H2,19,20,21,22). The number of para-hydroxylation sites is 1.